The SMILES string of the molecule is CCCSc1nnc(NC(=O)c2cc3ccccc3o2)s1. The van der Waals surface area contributed by atoms with E-state index in [1.165, 1.54) is 11.3 Å². The maximum absolute atomic E-state index is 12.1. The summed E-state index contributed by atoms with van der Waals surface area (Å²) in [4.78, 5) is 12.1. The number of hydrogen-bond donors (Lipinski definition) is 1. The van der Waals surface area contributed by atoms with Gasteiger partial charge in [-0.05, 0) is 18.6 Å². The predicted octanol–water partition coefficient (Wildman–Crippen LogP) is 4.04. The Morgan fingerprint density at radius 2 is 2.24 bits per heavy atom. The van der Waals surface area contributed by atoms with E-state index in [0.29, 0.717) is 10.7 Å². The quantitative estimate of drug-likeness (QED) is 0.568. The molecule has 0 bridgehead atoms. The topological polar surface area (TPSA) is 68.0 Å². The number of benzene rings is 1. The summed E-state index contributed by atoms with van der Waals surface area (Å²) in [6.45, 7) is 2.11. The van der Waals surface area contributed by atoms with Gasteiger partial charge in [0, 0.05) is 11.1 Å². The molecule has 1 N–H and O–H groups in total. The third-order valence-electron chi connectivity index (χ3n) is 2.71. The van der Waals surface area contributed by atoms with Crippen molar-refractivity contribution in [2.45, 2.75) is 17.7 Å². The molecule has 108 valence electrons. The van der Waals surface area contributed by atoms with Crippen LogP contribution in [0.2, 0.25) is 0 Å². The number of nitrogens with one attached hydrogen (secondary N) is 1. The molecule has 0 saturated heterocycles. The Labute approximate surface area is 129 Å². The molecule has 0 spiro atoms. The highest BCUT2D eigenvalue weighted by Crippen LogP contribution is 2.26. The molecule has 2 heterocycles. The van der Waals surface area contributed by atoms with Gasteiger partial charge in [-0.2, -0.15) is 0 Å². The summed E-state index contributed by atoms with van der Waals surface area (Å²) in [7, 11) is 0. The summed E-state index contributed by atoms with van der Waals surface area (Å²) in [5.74, 6) is 0.954. The minimum Gasteiger partial charge on any atom is -0.451 e. The van der Waals surface area contributed by atoms with Crippen LogP contribution in [0.5, 0.6) is 0 Å². The Hall–Kier alpha value is -1.86. The van der Waals surface area contributed by atoms with Crippen LogP contribution >= 0.6 is 23.1 Å². The molecule has 3 aromatic rings. The molecule has 0 radical (unpaired) electrons. The molecule has 0 saturated carbocycles. The summed E-state index contributed by atoms with van der Waals surface area (Å²) in [5.41, 5.74) is 0.694. The van der Waals surface area contributed by atoms with Gasteiger partial charge in [-0.25, -0.2) is 0 Å². The normalized spacial score (nSPS) is 10.9. The molecule has 7 heteroatoms. The second kappa shape index (κ2) is 6.28. The minimum atomic E-state index is -0.311. The minimum absolute atomic E-state index is 0.272. The third kappa shape index (κ3) is 3.25. The van der Waals surface area contributed by atoms with Crippen molar-refractivity contribution in [3.05, 3.63) is 36.1 Å². The van der Waals surface area contributed by atoms with E-state index in [4.69, 9.17) is 4.42 Å². The average molecular weight is 319 g/mol. The van der Waals surface area contributed by atoms with E-state index in [1.807, 2.05) is 24.3 Å². The van der Waals surface area contributed by atoms with Gasteiger partial charge >= 0.3 is 0 Å². The molecule has 0 aliphatic carbocycles. The molecule has 1 amide bonds. The first-order valence-electron chi connectivity index (χ1n) is 6.52. The number of rotatable bonds is 5. The van der Waals surface area contributed by atoms with Gasteiger partial charge < -0.3 is 4.42 Å². The van der Waals surface area contributed by atoms with Crippen LogP contribution in [0.4, 0.5) is 5.13 Å². The van der Waals surface area contributed by atoms with Crippen LogP contribution in [0.15, 0.2) is 39.1 Å². The molecule has 3 rings (SSSR count). The monoisotopic (exact) mass is 319 g/mol. The van der Waals surface area contributed by atoms with Crippen molar-refractivity contribution in [1.82, 2.24) is 10.2 Å². The standard InChI is InChI=1S/C14H13N3O2S2/c1-2-7-20-14-17-16-13(21-14)15-12(18)11-8-9-5-3-4-6-10(9)19-11/h3-6,8H,2,7H2,1H3,(H,15,16,18). The number of aromatic nitrogens is 2. The van der Waals surface area contributed by atoms with Crippen molar-refractivity contribution in [2.24, 2.45) is 0 Å². The Morgan fingerprint density at radius 3 is 3.05 bits per heavy atom. The lowest BCUT2D eigenvalue weighted by Crippen LogP contribution is -2.10. The van der Waals surface area contributed by atoms with Gasteiger partial charge in [-0.1, -0.05) is 48.2 Å². The lowest BCUT2D eigenvalue weighted by atomic mass is 10.2. The lowest BCUT2D eigenvalue weighted by Gasteiger charge is -1.95. The number of fused-ring (bicyclic) bond motifs is 1. The second-order valence-corrected chi connectivity index (χ2v) is 6.64. The maximum Gasteiger partial charge on any atom is 0.293 e. The molecular formula is C14H13N3O2S2. The predicted molar refractivity (Wildman–Crippen MR) is 85.1 cm³/mol. The molecule has 0 atom stereocenters. The number of anilines is 1. The van der Waals surface area contributed by atoms with Crippen LogP contribution < -0.4 is 5.32 Å². The summed E-state index contributed by atoms with van der Waals surface area (Å²) >= 11 is 3.01. The van der Waals surface area contributed by atoms with Crippen LogP contribution in [0.3, 0.4) is 0 Å². The van der Waals surface area contributed by atoms with Gasteiger partial charge in [-0.15, -0.1) is 10.2 Å². The zero-order chi connectivity index (χ0) is 14.7. The zero-order valence-electron chi connectivity index (χ0n) is 11.3. The first-order valence-corrected chi connectivity index (χ1v) is 8.32. The van der Waals surface area contributed by atoms with Crippen molar-refractivity contribution < 1.29 is 9.21 Å². The van der Waals surface area contributed by atoms with Gasteiger partial charge in [0.1, 0.15) is 5.58 Å². The number of hydrogen-bond acceptors (Lipinski definition) is 6. The molecule has 0 unspecified atom stereocenters. The number of carbonyl (C=O) groups excluding carboxylic acids is 1. The summed E-state index contributed by atoms with van der Waals surface area (Å²) < 4.78 is 6.37. The highest BCUT2D eigenvalue weighted by molar-refractivity contribution is 8.01. The van der Waals surface area contributed by atoms with E-state index in [0.717, 1.165) is 21.9 Å². The van der Waals surface area contributed by atoms with E-state index in [9.17, 15) is 4.79 Å². The molecular weight excluding hydrogens is 306 g/mol. The Balaban J connectivity index is 1.72. The van der Waals surface area contributed by atoms with E-state index in [1.54, 1.807) is 17.8 Å². The number of furan rings is 1. The van der Waals surface area contributed by atoms with Crippen molar-refractivity contribution in [1.29, 1.82) is 0 Å². The number of para-hydroxylation sites is 1. The zero-order valence-corrected chi connectivity index (χ0v) is 13.0. The van der Waals surface area contributed by atoms with Gasteiger partial charge in [0.05, 0.1) is 0 Å². The Kier molecular flexibility index (Phi) is 4.21. The fraction of sp³-hybridized carbons (Fsp3) is 0.214. The molecule has 5 nitrogen and oxygen atoms in total. The summed E-state index contributed by atoms with van der Waals surface area (Å²) in [6.07, 6.45) is 1.07. The first-order chi connectivity index (χ1) is 10.3. The smallest absolute Gasteiger partial charge is 0.293 e. The maximum atomic E-state index is 12.1. The Bertz CT molecular complexity index is 733. The fourth-order valence-corrected chi connectivity index (χ4v) is 3.43. The van der Waals surface area contributed by atoms with Gasteiger partial charge in [0.2, 0.25) is 5.13 Å². The van der Waals surface area contributed by atoms with Crippen LogP contribution in [-0.2, 0) is 0 Å². The van der Waals surface area contributed by atoms with Crippen LogP contribution in [-0.4, -0.2) is 21.9 Å². The number of amides is 1. The van der Waals surface area contributed by atoms with E-state index in [-0.39, 0.29) is 11.7 Å². The van der Waals surface area contributed by atoms with Crippen LogP contribution in [0.25, 0.3) is 11.0 Å². The summed E-state index contributed by atoms with van der Waals surface area (Å²) in [6, 6.07) is 9.23. The fourth-order valence-electron chi connectivity index (χ4n) is 1.76. The number of nitrogens with zero attached hydrogens (tertiary/aromatic N) is 2. The van der Waals surface area contributed by atoms with Gasteiger partial charge in [-0.3, -0.25) is 10.1 Å². The molecule has 0 fully saturated rings. The summed E-state index contributed by atoms with van der Waals surface area (Å²) in [5, 5.41) is 12.1. The van der Waals surface area contributed by atoms with E-state index < -0.39 is 0 Å². The second-order valence-electron chi connectivity index (χ2n) is 4.32. The number of carbonyl (C=O) groups is 1. The van der Waals surface area contributed by atoms with Crippen molar-refractivity contribution in [2.75, 3.05) is 11.1 Å². The lowest BCUT2D eigenvalue weighted by molar-refractivity contribution is 0.0998. The highest BCUT2D eigenvalue weighted by atomic mass is 32.2. The number of thioether (sulfide) groups is 1. The van der Waals surface area contributed by atoms with E-state index in [2.05, 4.69) is 22.4 Å². The molecule has 21 heavy (non-hydrogen) atoms. The molecule has 0 aliphatic rings. The third-order valence-corrected chi connectivity index (χ3v) is 4.88. The van der Waals surface area contributed by atoms with E-state index >= 15 is 0 Å². The van der Waals surface area contributed by atoms with Crippen LogP contribution in [0, 0.1) is 0 Å². The van der Waals surface area contributed by atoms with Crippen molar-refractivity contribution >= 4 is 45.1 Å². The largest absolute Gasteiger partial charge is 0.451 e. The van der Waals surface area contributed by atoms with Gasteiger partial charge in [0.15, 0.2) is 10.1 Å². The van der Waals surface area contributed by atoms with Crippen molar-refractivity contribution in [3.8, 4) is 0 Å². The Morgan fingerprint density at radius 1 is 1.38 bits per heavy atom. The van der Waals surface area contributed by atoms with Gasteiger partial charge in [0.25, 0.3) is 5.91 Å². The highest BCUT2D eigenvalue weighted by Gasteiger charge is 2.14. The molecule has 1 aromatic carbocycles. The van der Waals surface area contributed by atoms with Crippen molar-refractivity contribution in [3.63, 3.8) is 0 Å². The molecule has 2 aromatic heterocycles. The first kappa shape index (κ1) is 14.1. The average Bonchev–Trinajstić information content (AvgIpc) is 3.11. The van der Waals surface area contributed by atoms with Crippen LogP contribution in [0.1, 0.15) is 23.9 Å². The molecule has 0 aliphatic heterocycles.